The molecule has 8 nitrogen and oxygen atoms in total. The molecule has 4 rings (SSSR count). The van der Waals surface area contributed by atoms with Crippen molar-refractivity contribution in [3.8, 4) is 5.75 Å². The second-order valence-electron chi connectivity index (χ2n) is 10.6. The molecule has 11 heteroatoms. The summed E-state index contributed by atoms with van der Waals surface area (Å²) in [5, 5.41) is 3.84. The first-order chi connectivity index (χ1) is 20.6. The largest absolute Gasteiger partial charge is 0.497 e. The lowest BCUT2D eigenvalue weighted by Gasteiger charge is -2.34. The molecule has 0 bridgehead atoms. The maximum atomic E-state index is 14.2. The molecule has 0 heterocycles. The summed E-state index contributed by atoms with van der Waals surface area (Å²) in [5.41, 5.74) is 0.993. The van der Waals surface area contributed by atoms with Crippen LogP contribution in [0, 0.1) is 0 Å². The molecular weight excluding hydrogens is 609 g/mol. The number of anilines is 1. The zero-order valence-electron chi connectivity index (χ0n) is 24.3. The SMILES string of the molecule is CCC(C(=O)NC1CCCCC1)N(Cc1ccc(OC)cc1)C(=O)CN(c1cccc(Cl)c1)S(=O)(=O)c1ccc(Cl)cc1. The molecular formula is C32H37Cl2N3O5S. The van der Waals surface area contributed by atoms with E-state index in [2.05, 4.69) is 5.32 Å². The third-order valence-corrected chi connectivity index (χ3v) is 9.90. The van der Waals surface area contributed by atoms with Crippen LogP contribution in [0.4, 0.5) is 5.69 Å². The Morgan fingerprint density at radius 3 is 2.23 bits per heavy atom. The van der Waals surface area contributed by atoms with Crippen LogP contribution in [-0.4, -0.2) is 50.9 Å². The Hall–Kier alpha value is -3.27. The van der Waals surface area contributed by atoms with Crippen molar-refractivity contribution in [3.63, 3.8) is 0 Å². The van der Waals surface area contributed by atoms with Gasteiger partial charge in [-0.3, -0.25) is 13.9 Å². The second kappa shape index (κ2) is 14.9. The molecule has 1 saturated carbocycles. The molecule has 0 spiro atoms. The maximum absolute atomic E-state index is 14.2. The molecule has 3 aromatic carbocycles. The van der Waals surface area contributed by atoms with Crippen molar-refractivity contribution in [1.82, 2.24) is 10.2 Å². The first kappa shape index (κ1) is 32.6. The average Bonchev–Trinajstić information content (AvgIpc) is 3.00. The maximum Gasteiger partial charge on any atom is 0.264 e. The van der Waals surface area contributed by atoms with Crippen molar-refractivity contribution >= 4 is 50.7 Å². The van der Waals surface area contributed by atoms with E-state index < -0.39 is 28.5 Å². The third kappa shape index (κ3) is 8.43. The highest BCUT2D eigenvalue weighted by Gasteiger charge is 2.34. The van der Waals surface area contributed by atoms with Gasteiger partial charge in [-0.1, -0.05) is 67.6 Å². The smallest absolute Gasteiger partial charge is 0.264 e. The monoisotopic (exact) mass is 645 g/mol. The number of halogens is 2. The van der Waals surface area contributed by atoms with Crippen LogP contribution >= 0.6 is 23.2 Å². The van der Waals surface area contributed by atoms with Gasteiger partial charge < -0.3 is 15.0 Å². The van der Waals surface area contributed by atoms with E-state index in [0.717, 1.165) is 42.0 Å². The number of hydrogen-bond acceptors (Lipinski definition) is 5. The van der Waals surface area contributed by atoms with E-state index in [-0.39, 0.29) is 29.1 Å². The first-order valence-corrected chi connectivity index (χ1v) is 16.6. The van der Waals surface area contributed by atoms with E-state index in [1.165, 1.54) is 35.2 Å². The van der Waals surface area contributed by atoms with Crippen LogP contribution in [-0.2, 0) is 26.2 Å². The topological polar surface area (TPSA) is 96.0 Å². The number of ether oxygens (including phenoxy) is 1. The Kier molecular flexibility index (Phi) is 11.3. The van der Waals surface area contributed by atoms with Gasteiger partial charge in [0.05, 0.1) is 17.7 Å². The van der Waals surface area contributed by atoms with Crippen molar-refractivity contribution in [2.45, 2.75) is 69.0 Å². The number of nitrogens with one attached hydrogen (secondary N) is 1. The van der Waals surface area contributed by atoms with Gasteiger partial charge in [0.1, 0.15) is 18.3 Å². The minimum Gasteiger partial charge on any atom is -0.497 e. The summed E-state index contributed by atoms with van der Waals surface area (Å²) >= 11 is 12.3. The summed E-state index contributed by atoms with van der Waals surface area (Å²) in [4.78, 5) is 29.3. The molecule has 1 aliphatic carbocycles. The number of nitrogens with zero attached hydrogens (tertiary/aromatic N) is 2. The van der Waals surface area contributed by atoms with Gasteiger partial charge in [-0.05, 0) is 79.4 Å². The summed E-state index contributed by atoms with van der Waals surface area (Å²) in [7, 11) is -2.65. The zero-order valence-corrected chi connectivity index (χ0v) is 26.7. The first-order valence-electron chi connectivity index (χ1n) is 14.4. The Balaban J connectivity index is 1.70. The minimum atomic E-state index is -4.22. The molecule has 0 saturated heterocycles. The number of benzene rings is 3. The van der Waals surface area contributed by atoms with Gasteiger partial charge in [-0.25, -0.2) is 8.42 Å². The third-order valence-electron chi connectivity index (χ3n) is 7.63. The van der Waals surface area contributed by atoms with Gasteiger partial charge in [-0.2, -0.15) is 0 Å². The van der Waals surface area contributed by atoms with Crippen LogP contribution in [0.1, 0.15) is 51.0 Å². The molecule has 3 aromatic rings. The number of rotatable bonds is 12. The highest BCUT2D eigenvalue weighted by Crippen LogP contribution is 2.28. The fourth-order valence-electron chi connectivity index (χ4n) is 5.29. The quantitative estimate of drug-likeness (QED) is 0.244. The second-order valence-corrected chi connectivity index (χ2v) is 13.3. The van der Waals surface area contributed by atoms with Crippen LogP contribution < -0.4 is 14.4 Å². The average molecular weight is 647 g/mol. The Bertz CT molecular complexity index is 1490. The standard InChI is InChI=1S/C32H37Cl2N3O5S/c1-3-30(32(39)35-26-9-5-4-6-10-26)36(21-23-12-16-28(42-2)17-13-23)31(38)22-37(27-11-7-8-25(34)20-27)43(40,41)29-18-14-24(33)15-19-29/h7-8,11-20,26,30H,3-6,9-10,21-22H2,1-2H3,(H,35,39). The number of hydrogen-bond donors (Lipinski definition) is 1. The van der Waals surface area contributed by atoms with Crippen molar-refractivity contribution in [1.29, 1.82) is 0 Å². The number of carbonyl (C=O) groups excluding carboxylic acids is 2. The number of amides is 2. The molecule has 0 aromatic heterocycles. The summed E-state index contributed by atoms with van der Waals surface area (Å²) < 4.78 is 34.2. The lowest BCUT2D eigenvalue weighted by Crippen LogP contribution is -2.54. The van der Waals surface area contributed by atoms with Gasteiger partial charge in [-0.15, -0.1) is 0 Å². The van der Waals surface area contributed by atoms with Gasteiger partial charge in [0.15, 0.2) is 0 Å². The zero-order chi connectivity index (χ0) is 31.0. The molecule has 1 fully saturated rings. The van der Waals surface area contributed by atoms with Crippen LogP contribution in [0.3, 0.4) is 0 Å². The van der Waals surface area contributed by atoms with E-state index >= 15 is 0 Å². The predicted octanol–water partition coefficient (Wildman–Crippen LogP) is 6.45. The van der Waals surface area contributed by atoms with E-state index in [4.69, 9.17) is 27.9 Å². The molecule has 0 aliphatic heterocycles. The summed E-state index contributed by atoms with van der Waals surface area (Å²) in [6.45, 7) is 1.40. The molecule has 1 atom stereocenters. The fraction of sp³-hybridized carbons (Fsp3) is 0.375. The van der Waals surface area contributed by atoms with E-state index in [9.17, 15) is 18.0 Å². The normalized spacial score (nSPS) is 14.5. The summed E-state index contributed by atoms with van der Waals surface area (Å²) in [6.07, 6.45) is 5.39. The molecule has 0 radical (unpaired) electrons. The van der Waals surface area contributed by atoms with Crippen molar-refractivity contribution in [3.05, 3.63) is 88.4 Å². The van der Waals surface area contributed by atoms with Crippen LogP contribution in [0.5, 0.6) is 5.75 Å². The van der Waals surface area contributed by atoms with Gasteiger partial charge in [0.2, 0.25) is 11.8 Å². The van der Waals surface area contributed by atoms with Crippen LogP contribution in [0.2, 0.25) is 10.0 Å². The van der Waals surface area contributed by atoms with Crippen molar-refractivity contribution < 1.29 is 22.7 Å². The molecule has 1 unspecified atom stereocenters. The lowest BCUT2D eigenvalue weighted by molar-refractivity contribution is -0.140. The van der Waals surface area contributed by atoms with Gasteiger partial charge >= 0.3 is 0 Å². The molecule has 230 valence electrons. The predicted molar refractivity (Wildman–Crippen MR) is 170 cm³/mol. The molecule has 2 amide bonds. The number of sulfonamides is 1. The molecule has 43 heavy (non-hydrogen) atoms. The Morgan fingerprint density at radius 1 is 0.953 bits per heavy atom. The fourth-order valence-corrected chi connectivity index (χ4v) is 7.00. The highest BCUT2D eigenvalue weighted by atomic mass is 35.5. The minimum absolute atomic E-state index is 0.0338. The van der Waals surface area contributed by atoms with Crippen molar-refractivity contribution in [2.75, 3.05) is 18.0 Å². The van der Waals surface area contributed by atoms with Gasteiger partial charge in [0.25, 0.3) is 10.0 Å². The highest BCUT2D eigenvalue weighted by molar-refractivity contribution is 7.92. The van der Waals surface area contributed by atoms with E-state index in [1.807, 2.05) is 19.1 Å². The van der Waals surface area contributed by atoms with Crippen LogP contribution in [0.15, 0.2) is 77.7 Å². The van der Waals surface area contributed by atoms with E-state index in [0.29, 0.717) is 22.2 Å². The summed E-state index contributed by atoms with van der Waals surface area (Å²) in [6, 6.07) is 18.5. The van der Waals surface area contributed by atoms with Gasteiger partial charge in [0, 0.05) is 22.6 Å². The lowest BCUT2D eigenvalue weighted by atomic mass is 9.95. The number of carbonyl (C=O) groups is 2. The summed E-state index contributed by atoms with van der Waals surface area (Å²) in [5.74, 6) is -0.116. The Labute approximate surface area is 264 Å². The molecule has 1 N–H and O–H groups in total. The molecule has 1 aliphatic rings. The number of methoxy groups -OCH3 is 1. The van der Waals surface area contributed by atoms with E-state index in [1.54, 1.807) is 37.4 Å². The van der Waals surface area contributed by atoms with Crippen molar-refractivity contribution in [2.24, 2.45) is 0 Å². The Morgan fingerprint density at radius 2 is 1.63 bits per heavy atom. The van der Waals surface area contributed by atoms with Crippen LogP contribution in [0.25, 0.3) is 0 Å².